The molecule has 1 heterocycles. The van der Waals surface area contributed by atoms with E-state index in [1.165, 1.54) is 19.3 Å². The van der Waals surface area contributed by atoms with Crippen LogP contribution in [-0.4, -0.2) is 53.9 Å². The molecule has 1 saturated heterocycles. The van der Waals surface area contributed by atoms with Gasteiger partial charge in [-0.25, -0.2) is 4.79 Å². The molecule has 1 saturated carbocycles. The first-order valence-corrected chi connectivity index (χ1v) is 8.77. The van der Waals surface area contributed by atoms with Crippen molar-refractivity contribution in [1.82, 2.24) is 15.5 Å². The molecule has 22 heavy (non-hydrogen) atoms. The van der Waals surface area contributed by atoms with Gasteiger partial charge < -0.3 is 15.4 Å². The second-order valence-electron chi connectivity index (χ2n) is 7.86. The molecule has 2 aliphatic rings. The van der Waals surface area contributed by atoms with Crippen LogP contribution in [0, 0.1) is 0 Å². The molecule has 0 bridgehead atoms. The van der Waals surface area contributed by atoms with Gasteiger partial charge in [-0.05, 0) is 53.4 Å². The van der Waals surface area contributed by atoms with Crippen molar-refractivity contribution < 1.29 is 9.53 Å². The van der Waals surface area contributed by atoms with E-state index in [0.717, 1.165) is 19.0 Å². The molecule has 1 amide bonds. The van der Waals surface area contributed by atoms with Crippen molar-refractivity contribution in [1.29, 1.82) is 0 Å². The van der Waals surface area contributed by atoms with Crippen molar-refractivity contribution in [2.24, 2.45) is 0 Å². The number of alkyl carbamates (subject to hydrolysis) is 1. The monoisotopic (exact) mass is 311 g/mol. The second kappa shape index (κ2) is 7.18. The van der Waals surface area contributed by atoms with E-state index in [4.69, 9.17) is 4.74 Å². The Morgan fingerprint density at radius 1 is 1.36 bits per heavy atom. The van der Waals surface area contributed by atoms with Crippen molar-refractivity contribution >= 4 is 6.09 Å². The summed E-state index contributed by atoms with van der Waals surface area (Å²) >= 11 is 0. The van der Waals surface area contributed by atoms with Crippen molar-refractivity contribution in [3.05, 3.63) is 0 Å². The van der Waals surface area contributed by atoms with Crippen LogP contribution in [0.3, 0.4) is 0 Å². The van der Waals surface area contributed by atoms with Crippen LogP contribution in [0.5, 0.6) is 0 Å². The van der Waals surface area contributed by atoms with Crippen LogP contribution in [0.1, 0.15) is 60.3 Å². The standard InChI is InChI=1S/C17H33N3O2/c1-6-13(10-18-16(21)22-17(3,4)5)19-14-9-12(2)20(11-14)15-7-8-15/h12-15,19H,6-11H2,1-5H3,(H,18,21). The summed E-state index contributed by atoms with van der Waals surface area (Å²) in [7, 11) is 0. The molecule has 3 unspecified atom stereocenters. The van der Waals surface area contributed by atoms with Gasteiger partial charge in [0, 0.05) is 37.3 Å². The van der Waals surface area contributed by atoms with E-state index in [0.29, 0.717) is 24.7 Å². The molecule has 0 aromatic rings. The number of rotatable bonds is 6. The minimum absolute atomic E-state index is 0.309. The lowest BCUT2D eigenvalue weighted by Crippen LogP contribution is -2.47. The summed E-state index contributed by atoms with van der Waals surface area (Å²) in [5.41, 5.74) is -0.440. The van der Waals surface area contributed by atoms with Gasteiger partial charge in [0.2, 0.25) is 0 Å². The highest BCUT2D eigenvalue weighted by Crippen LogP contribution is 2.33. The number of carbonyl (C=O) groups excluding carboxylic acids is 1. The van der Waals surface area contributed by atoms with Crippen LogP contribution >= 0.6 is 0 Å². The lowest BCUT2D eigenvalue weighted by molar-refractivity contribution is 0.0521. The van der Waals surface area contributed by atoms with Gasteiger partial charge in [0.25, 0.3) is 0 Å². The zero-order chi connectivity index (χ0) is 16.3. The third-order valence-corrected chi connectivity index (χ3v) is 4.49. The number of hydrogen-bond donors (Lipinski definition) is 2. The Morgan fingerprint density at radius 3 is 2.59 bits per heavy atom. The summed E-state index contributed by atoms with van der Waals surface area (Å²) in [6.45, 7) is 11.9. The van der Waals surface area contributed by atoms with Gasteiger partial charge in [-0.1, -0.05) is 6.92 Å². The summed E-state index contributed by atoms with van der Waals surface area (Å²) in [5, 5.41) is 6.60. The van der Waals surface area contributed by atoms with Gasteiger partial charge in [0.1, 0.15) is 5.60 Å². The Bertz CT molecular complexity index is 377. The average Bonchev–Trinajstić information content (AvgIpc) is 3.17. The van der Waals surface area contributed by atoms with Gasteiger partial charge in [-0.15, -0.1) is 0 Å². The fraction of sp³-hybridized carbons (Fsp3) is 0.941. The van der Waals surface area contributed by atoms with Gasteiger partial charge in [0.15, 0.2) is 0 Å². The summed E-state index contributed by atoms with van der Waals surface area (Å²) < 4.78 is 5.29. The fourth-order valence-corrected chi connectivity index (χ4v) is 3.27. The zero-order valence-corrected chi connectivity index (χ0v) is 14.8. The fourth-order valence-electron chi connectivity index (χ4n) is 3.27. The van der Waals surface area contributed by atoms with E-state index in [2.05, 4.69) is 29.4 Å². The molecule has 0 spiro atoms. The molecule has 5 heteroatoms. The quantitative estimate of drug-likeness (QED) is 0.791. The summed E-state index contributed by atoms with van der Waals surface area (Å²) in [4.78, 5) is 14.4. The van der Waals surface area contributed by atoms with Gasteiger partial charge in [0.05, 0.1) is 0 Å². The summed E-state index contributed by atoms with van der Waals surface area (Å²) in [6, 6.07) is 2.37. The third-order valence-electron chi connectivity index (χ3n) is 4.49. The maximum Gasteiger partial charge on any atom is 0.407 e. The van der Waals surface area contributed by atoms with Crippen molar-refractivity contribution in [3.8, 4) is 0 Å². The third kappa shape index (κ3) is 5.43. The molecule has 1 aliphatic carbocycles. The van der Waals surface area contributed by atoms with Crippen LogP contribution in [0.15, 0.2) is 0 Å². The van der Waals surface area contributed by atoms with E-state index in [9.17, 15) is 4.79 Å². The lowest BCUT2D eigenvalue weighted by Gasteiger charge is -2.24. The minimum atomic E-state index is -0.440. The SMILES string of the molecule is CCC(CNC(=O)OC(C)(C)C)NC1CC(C)N(C2CC2)C1. The molecule has 2 rings (SSSR count). The molecule has 2 fully saturated rings. The van der Waals surface area contributed by atoms with E-state index in [1.54, 1.807) is 0 Å². The normalized spacial score (nSPS) is 27.7. The molecule has 128 valence electrons. The number of likely N-dealkylation sites (tertiary alicyclic amines) is 1. The Hall–Kier alpha value is -0.810. The maximum absolute atomic E-state index is 11.7. The first kappa shape index (κ1) is 17.5. The molecular weight excluding hydrogens is 278 g/mol. The molecule has 0 aromatic carbocycles. The Kier molecular flexibility index (Phi) is 5.72. The molecule has 3 atom stereocenters. The van der Waals surface area contributed by atoms with Gasteiger partial charge >= 0.3 is 6.09 Å². The van der Waals surface area contributed by atoms with Crippen LogP contribution in [0.2, 0.25) is 0 Å². The first-order chi connectivity index (χ1) is 10.3. The van der Waals surface area contributed by atoms with Gasteiger partial charge in [-0.3, -0.25) is 4.90 Å². The number of ether oxygens (including phenoxy) is 1. The van der Waals surface area contributed by atoms with Crippen molar-refractivity contribution in [3.63, 3.8) is 0 Å². The molecular formula is C17H33N3O2. The number of hydrogen-bond acceptors (Lipinski definition) is 4. The van der Waals surface area contributed by atoms with Crippen molar-refractivity contribution in [2.75, 3.05) is 13.1 Å². The molecule has 0 aromatic heterocycles. The van der Waals surface area contributed by atoms with E-state index in [-0.39, 0.29) is 6.09 Å². The predicted molar refractivity (Wildman–Crippen MR) is 89.0 cm³/mol. The topological polar surface area (TPSA) is 53.6 Å². The van der Waals surface area contributed by atoms with Crippen LogP contribution < -0.4 is 10.6 Å². The van der Waals surface area contributed by atoms with E-state index >= 15 is 0 Å². The average molecular weight is 311 g/mol. The zero-order valence-electron chi connectivity index (χ0n) is 14.8. The smallest absolute Gasteiger partial charge is 0.407 e. The van der Waals surface area contributed by atoms with Crippen LogP contribution in [0.25, 0.3) is 0 Å². The Balaban J connectivity index is 1.72. The number of amides is 1. The van der Waals surface area contributed by atoms with Gasteiger partial charge in [-0.2, -0.15) is 0 Å². The molecule has 5 nitrogen and oxygen atoms in total. The highest BCUT2D eigenvalue weighted by atomic mass is 16.6. The highest BCUT2D eigenvalue weighted by molar-refractivity contribution is 5.67. The number of nitrogens with zero attached hydrogens (tertiary/aromatic N) is 1. The summed E-state index contributed by atoms with van der Waals surface area (Å²) in [5.74, 6) is 0. The second-order valence-corrected chi connectivity index (χ2v) is 7.86. The van der Waals surface area contributed by atoms with E-state index < -0.39 is 5.60 Å². The molecule has 0 radical (unpaired) electrons. The Labute approximate surface area is 135 Å². The number of carbonyl (C=O) groups is 1. The Morgan fingerprint density at radius 2 is 2.05 bits per heavy atom. The highest BCUT2D eigenvalue weighted by Gasteiger charge is 2.39. The lowest BCUT2D eigenvalue weighted by atomic mass is 10.1. The largest absolute Gasteiger partial charge is 0.444 e. The first-order valence-electron chi connectivity index (χ1n) is 8.77. The molecule has 2 N–H and O–H groups in total. The van der Waals surface area contributed by atoms with Crippen molar-refractivity contribution in [2.45, 2.75) is 90.1 Å². The molecule has 1 aliphatic heterocycles. The number of nitrogens with one attached hydrogen (secondary N) is 2. The van der Waals surface area contributed by atoms with Crippen LogP contribution in [-0.2, 0) is 4.74 Å². The maximum atomic E-state index is 11.7. The predicted octanol–water partition coefficient (Wildman–Crippen LogP) is 2.50. The summed E-state index contributed by atoms with van der Waals surface area (Å²) in [6.07, 6.45) is 4.62. The van der Waals surface area contributed by atoms with E-state index in [1.807, 2.05) is 20.8 Å². The minimum Gasteiger partial charge on any atom is -0.444 e. The van der Waals surface area contributed by atoms with Crippen LogP contribution in [0.4, 0.5) is 4.79 Å².